The van der Waals surface area contributed by atoms with Crippen LogP contribution in [0.25, 0.3) is 10.9 Å². The molecule has 2 aromatic rings. The summed E-state index contributed by atoms with van der Waals surface area (Å²) in [4.78, 5) is 5.00. The maximum Gasteiger partial charge on any atom is 0.127 e. The van der Waals surface area contributed by atoms with Crippen molar-refractivity contribution in [1.29, 1.82) is 0 Å². The van der Waals surface area contributed by atoms with E-state index in [9.17, 15) is 0 Å². The van der Waals surface area contributed by atoms with Crippen LogP contribution in [-0.2, 0) is 0 Å². The van der Waals surface area contributed by atoms with Gasteiger partial charge in [0, 0.05) is 17.5 Å². The smallest absolute Gasteiger partial charge is 0.127 e. The Kier molecular flexibility index (Phi) is 4.32. The lowest BCUT2D eigenvalue weighted by Gasteiger charge is -2.11. The molecule has 19 heavy (non-hydrogen) atoms. The van der Waals surface area contributed by atoms with Crippen LogP contribution in [0.15, 0.2) is 30.3 Å². The van der Waals surface area contributed by atoms with Crippen molar-refractivity contribution in [2.75, 3.05) is 11.9 Å². The van der Waals surface area contributed by atoms with Gasteiger partial charge in [0.15, 0.2) is 0 Å². The number of nitrogens with one attached hydrogen (secondary N) is 1. The Balaban J connectivity index is 2.33. The fourth-order valence-electron chi connectivity index (χ4n) is 1.96. The number of benzene rings is 1. The van der Waals surface area contributed by atoms with Crippen molar-refractivity contribution in [3.8, 4) is 0 Å². The Hall–Kier alpha value is -1.68. The molecule has 1 aromatic carbocycles. The molecule has 3 nitrogen and oxygen atoms in total. The van der Waals surface area contributed by atoms with Gasteiger partial charge >= 0.3 is 0 Å². The second-order valence-electron chi connectivity index (χ2n) is 5.05. The van der Waals surface area contributed by atoms with Crippen LogP contribution in [-0.4, -0.2) is 16.5 Å². The van der Waals surface area contributed by atoms with E-state index in [0.717, 1.165) is 35.2 Å². The average molecular weight is 273 g/mol. The number of nitrogens with two attached hydrogens (primary N) is 1. The Morgan fingerprint density at radius 3 is 2.79 bits per heavy atom. The van der Waals surface area contributed by atoms with Crippen molar-refractivity contribution in [2.45, 2.75) is 20.3 Å². The lowest BCUT2D eigenvalue weighted by Crippen LogP contribution is -2.12. The van der Waals surface area contributed by atoms with Gasteiger partial charge < -0.3 is 11.1 Å². The number of fused-ring (bicyclic) bond motifs is 1. The highest BCUT2D eigenvalue weighted by atomic mass is 32.1. The minimum atomic E-state index is 0.408. The molecule has 100 valence electrons. The molecule has 2 rings (SSSR count). The lowest BCUT2D eigenvalue weighted by molar-refractivity contribution is 0.607. The summed E-state index contributed by atoms with van der Waals surface area (Å²) in [6.45, 7) is 5.31. The highest BCUT2D eigenvalue weighted by Crippen LogP contribution is 2.20. The van der Waals surface area contributed by atoms with Crippen LogP contribution in [0.4, 0.5) is 5.82 Å². The molecule has 0 aliphatic heterocycles. The molecule has 0 fully saturated rings. The van der Waals surface area contributed by atoms with Crippen LogP contribution < -0.4 is 11.1 Å². The van der Waals surface area contributed by atoms with E-state index < -0.39 is 0 Å². The maximum absolute atomic E-state index is 5.80. The van der Waals surface area contributed by atoms with Crippen LogP contribution in [0.1, 0.15) is 25.8 Å². The van der Waals surface area contributed by atoms with Crippen molar-refractivity contribution in [3.05, 3.63) is 35.9 Å². The molecule has 0 saturated heterocycles. The van der Waals surface area contributed by atoms with Gasteiger partial charge in [-0.05, 0) is 24.5 Å². The van der Waals surface area contributed by atoms with Crippen molar-refractivity contribution >= 4 is 33.9 Å². The van der Waals surface area contributed by atoms with Gasteiger partial charge in [-0.15, -0.1) is 0 Å². The molecule has 0 amide bonds. The van der Waals surface area contributed by atoms with E-state index in [1.807, 2.05) is 30.3 Å². The number of anilines is 1. The summed E-state index contributed by atoms with van der Waals surface area (Å²) in [5, 5.41) is 4.34. The molecule has 0 radical (unpaired) electrons. The van der Waals surface area contributed by atoms with E-state index in [1.54, 1.807) is 0 Å². The molecule has 0 spiro atoms. The van der Waals surface area contributed by atoms with Gasteiger partial charge in [-0.1, -0.05) is 44.3 Å². The Morgan fingerprint density at radius 2 is 2.11 bits per heavy atom. The summed E-state index contributed by atoms with van der Waals surface area (Å²) in [6, 6.07) is 9.85. The number of hydrogen-bond acceptors (Lipinski definition) is 3. The largest absolute Gasteiger partial charge is 0.389 e. The van der Waals surface area contributed by atoms with E-state index in [0.29, 0.717) is 10.9 Å². The first-order valence-corrected chi connectivity index (χ1v) is 6.92. The molecular formula is C15H19N3S. The summed E-state index contributed by atoms with van der Waals surface area (Å²) in [5.74, 6) is 1.50. The summed E-state index contributed by atoms with van der Waals surface area (Å²) in [5.41, 5.74) is 7.60. The predicted molar refractivity (Wildman–Crippen MR) is 85.6 cm³/mol. The Morgan fingerprint density at radius 1 is 1.37 bits per heavy atom. The van der Waals surface area contributed by atoms with Crippen molar-refractivity contribution in [3.63, 3.8) is 0 Å². The first kappa shape index (κ1) is 13.7. The molecular weight excluding hydrogens is 254 g/mol. The van der Waals surface area contributed by atoms with Crippen LogP contribution in [0.2, 0.25) is 0 Å². The highest BCUT2D eigenvalue weighted by Gasteiger charge is 2.07. The number of hydrogen-bond donors (Lipinski definition) is 2. The van der Waals surface area contributed by atoms with Gasteiger partial charge in [-0.3, -0.25) is 0 Å². The van der Waals surface area contributed by atoms with E-state index in [1.165, 1.54) is 0 Å². The second-order valence-corrected chi connectivity index (χ2v) is 5.49. The van der Waals surface area contributed by atoms with E-state index >= 15 is 0 Å². The quantitative estimate of drug-likeness (QED) is 0.820. The zero-order valence-electron chi connectivity index (χ0n) is 11.3. The molecule has 3 N–H and O–H groups in total. The van der Waals surface area contributed by atoms with Crippen LogP contribution >= 0.6 is 12.2 Å². The third-order valence-corrected chi connectivity index (χ3v) is 3.23. The number of thiocarbonyl (C=S) groups is 1. The van der Waals surface area contributed by atoms with Crippen LogP contribution in [0.3, 0.4) is 0 Å². The second kappa shape index (κ2) is 5.97. The van der Waals surface area contributed by atoms with Gasteiger partial charge in [0.2, 0.25) is 0 Å². The third-order valence-electron chi connectivity index (χ3n) is 3.01. The summed E-state index contributed by atoms with van der Waals surface area (Å²) in [6.07, 6.45) is 1.11. The van der Waals surface area contributed by atoms with E-state index in [2.05, 4.69) is 24.1 Å². The number of nitrogens with zero attached hydrogens (tertiary/aromatic N) is 1. The number of rotatable bonds is 5. The molecule has 0 aliphatic carbocycles. The first-order valence-electron chi connectivity index (χ1n) is 6.51. The van der Waals surface area contributed by atoms with Gasteiger partial charge in [0.1, 0.15) is 10.8 Å². The Labute approximate surface area is 119 Å². The van der Waals surface area contributed by atoms with Gasteiger partial charge in [0.25, 0.3) is 0 Å². The molecule has 1 aromatic heterocycles. The van der Waals surface area contributed by atoms with Gasteiger partial charge in [-0.2, -0.15) is 0 Å². The zero-order valence-corrected chi connectivity index (χ0v) is 12.1. The molecule has 0 aliphatic rings. The standard InChI is InChI=1S/C15H19N3S/c1-10(2)7-8-17-14-9-12(15(16)19)11-5-3-4-6-13(11)18-14/h3-6,9-10H,7-8H2,1-2H3,(H2,16,19)(H,17,18). The minimum absolute atomic E-state index is 0.408. The van der Waals surface area contributed by atoms with E-state index in [4.69, 9.17) is 18.0 Å². The molecule has 0 saturated carbocycles. The lowest BCUT2D eigenvalue weighted by atomic mass is 10.1. The minimum Gasteiger partial charge on any atom is -0.389 e. The fraction of sp³-hybridized carbons (Fsp3) is 0.333. The van der Waals surface area contributed by atoms with Gasteiger partial charge in [0.05, 0.1) is 5.52 Å². The molecule has 0 atom stereocenters. The van der Waals surface area contributed by atoms with Crippen LogP contribution in [0.5, 0.6) is 0 Å². The van der Waals surface area contributed by atoms with Crippen molar-refractivity contribution < 1.29 is 0 Å². The number of aromatic nitrogens is 1. The monoisotopic (exact) mass is 273 g/mol. The zero-order chi connectivity index (χ0) is 13.8. The summed E-state index contributed by atoms with van der Waals surface area (Å²) < 4.78 is 0. The molecule has 0 unspecified atom stereocenters. The predicted octanol–water partition coefficient (Wildman–Crippen LogP) is 3.33. The summed E-state index contributed by atoms with van der Waals surface area (Å²) in [7, 11) is 0. The Bertz CT molecular complexity index is 593. The number of para-hydroxylation sites is 1. The van der Waals surface area contributed by atoms with Gasteiger partial charge in [-0.25, -0.2) is 4.98 Å². The van der Waals surface area contributed by atoms with Crippen molar-refractivity contribution in [1.82, 2.24) is 4.98 Å². The SMILES string of the molecule is CC(C)CCNc1cc(C(N)=S)c2ccccc2n1. The molecule has 1 heterocycles. The van der Waals surface area contributed by atoms with Crippen LogP contribution in [0, 0.1) is 5.92 Å². The number of pyridine rings is 1. The van der Waals surface area contributed by atoms with Crippen molar-refractivity contribution in [2.24, 2.45) is 11.7 Å². The first-order chi connectivity index (χ1) is 9.08. The summed E-state index contributed by atoms with van der Waals surface area (Å²) >= 11 is 5.13. The molecule has 0 bridgehead atoms. The fourth-order valence-corrected chi connectivity index (χ4v) is 2.13. The topological polar surface area (TPSA) is 50.9 Å². The highest BCUT2D eigenvalue weighted by molar-refractivity contribution is 7.80. The van der Waals surface area contributed by atoms with E-state index in [-0.39, 0.29) is 0 Å². The molecule has 4 heteroatoms. The normalized spacial score (nSPS) is 10.9. The average Bonchev–Trinajstić information content (AvgIpc) is 2.37. The third kappa shape index (κ3) is 3.41. The maximum atomic E-state index is 5.80.